The molecule has 2 aromatic carbocycles. The van der Waals surface area contributed by atoms with Gasteiger partial charge in [-0.2, -0.15) is 13.2 Å². The summed E-state index contributed by atoms with van der Waals surface area (Å²) in [5.41, 5.74) is 5.89. The van der Waals surface area contributed by atoms with Crippen LogP contribution in [0.5, 0.6) is 0 Å². The number of hydrogen-bond acceptors (Lipinski definition) is 6. The van der Waals surface area contributed by atoms with E-state index in [1.165, 1.54) is 17.7 Å². The molecular formula is C25H26F4N4O4. The van der Waals surface area contributed by atoms with Crippen LogP contribution in [0.3, 0.4) is 0 Å². The third kappa shape index (κ3) is 8.99. The fraction of sp³-hybridized carbons (Fsp3) is 0.320. The molecule has 0 saturated carbocycles. The predicted molar refractivity (Wildman–Crippen MR) is 125 cm³/mol. The molecule has 3 aromatic rings. The van der Waals surface area contributed by atoms with Gasteiger partial charge in [0, 0.05) is 50.3 Å². The first kappa shape index (κ1) is 27.8. The molecule has 0 spiro atoms. The number of hydrogen-bond donors (Lipinski definition) is 2. The largest absolute Gasteiger partial charge is 0.490 e. The van der Waals surface area contributed by atoms with Crippen molar-refractivity contribution in [3.8, 4) is 11.3 Å². The number of carbonyl (C=O) groups is 2. The second-order valence-corrected chi connectivity index (χ2v) is 8.27. The molecule has 0 radical (unpaired) electrons. The van der Waals surface area contributed by atoms with Crippen molar-refractivity contribution in [1.82, 2.24) is 20.5 Å². The predicted octanol–water partition coefficient (Wildman–Crippen LogP) is 3.90. The Bertz CT molecular complexity index is 1150. The molecule has 1 aliphatic rings. The quantitative estimate of drug-likeness (QED) is 0.454. The normalized spacial score (nSPS) is 14.5. The van der Waals surface area contributed by atoms with E-state index in [-0.39, 0.29) is 11.7 Å². The van der Waals surface area contributed by atoms with Crippen molar-refractivity contribution < 1.29 is 36.8 Å². The highest BCUT2D eigenvalue weighted by molar-refractivity contribution is 5.76. The van der Waals surface area contributed by atoms with Gasteiger partial charge in [0.15, 0.2) is 5.76 Å². The van der Waals surface area contributed by atoms with Gasteiger partial charge in [0.25, 0.3) is 0 Å². The Morgan fingerprint density at radius 1 is 1.00 bits per heavy atom. The molecule has 4 rings (SSSR count). The number of nitrogens with one attached hydrogen (secondary N) is 1. The SMILES string of the molecule is O=C(CCc1cnoc1-c1ccc(F)cc1)NN1CCN(Cc2ccccc2)CC1.O=C(O)C(F)(F)F. The van der Waals surface area contributed by atoms with E-state index in [1.807, 2.05) is 11.1 Å². The number of amides is 1. The Morgan fingerprint density at radius 2 is 1.62 bits per heavy atom. The smallest absolute Gasteiger partial charge is 0.475 e. The van der Waals surface area contributed by atoms with Crippen LogP contribution in [0.15, 0.2) is 65.3 Å². The summed E-state index contributed by atoms with van der Waals surface area (Å²) in [4.78, 5) is 23.7. The summed E-state index contributed by atoms with van der Waals surface area (Å²) in [6.07, 6.45) is -2.62. The molecule has 1 aliphatic heterocycles. The number of carboxylic acid groups (broad SMARTS) is 1. The molecule has 8 nitrogen and oxygen atoms in total. The van der Waals surface area contributed by atoms with Gasteiger partial charge in [-0.15, -0.1) is 0 Å². The zero-order valence-corrected chi connectivity index (χ0v) is 19.7. The zero-order valence-electron chi connectivity index (χ0n) is 19.7. The summed E-state index contributed by atoms with van der Waals surface area (Å²) in [6.45, 7) is 4.35. The fourth-order valence-corrected chi connectivity index (χ4v) is 3.62. The van der Waals surface area contributed by atoms with Crippen molar-refractivity contribution >= 4 is 11.9 Å². The Balaban J connectivity index is 0.000000479. The first-order chi connectivity index (χ1) is 17.6. The number of aromatic nitrogens is 1. The molecule has 12 heteroatoms. The van der Waals surface area contributed by atoms with Gasteiger partial charge in [-0.05, 0) is 36.2 Å². The third-order valence-corrected chi connectivity index (χ3v) is 5.52. The lowest BCUT2D eigenvalue weighted by molar-refractivity contribution is -0.192. The molecular weight excluding hydrogens is 496 g/mol. The lowest BCUT2D eigenvalue weighted by atomic mass is 10.1. The van der Waals surface area contributed by atoms with Gasteiger partial charge in [0.2, 0.25) is 5.91 Å². The van der Waals surface area contributed by atoms with E-state index in [0.29, 0.717) is 18.6 Å². The van der Waals surface area contributed by atoms with Crippen LogP contribution >= 0.6 is 0 Å². The Hall–Kier alpha value is -3.77. The molecule has 1 fully saturated rings. The molecule has 1 aromatic heterocycles. The first-order valence-electron chi connectivity index (χ1n) is 11.4. The molecule has 1 amide bonds. The number of piperazine rings is 1. The fourth-order valence-electron chi connectivity index (χ4n) is 3.62. The van der Waals surface area contributed by atoms with Crippen LogP contribution in [0.2, 0.25) is 0 Å². The molecule has 0 aliphatic carbocycles. The number of halogens is 4. The topological polar surface area (TPSA) is 98.9 Å². The van der Waals surface area contributed by atoms with Gasteiger partial charge in [-0.3, -0.25) is 15.1 Å². The van der Waals surface area contributed by atoms with E-state index in [9.17, 15) is 22.4 Å². The second kappa shape index (κ2) is 13.0. The number of nitrogens with zero attached hydrogens (tertiary/aromatic N) is 3. The van der Waals surface area contributed by atoms with E-state index in [4.69, 9.17) is 14.4 Å². The minimum absolute atomic E-state index is 0.0298. The number of aryl methyl sites for hydroxylation is 1. The Morgan fingerprint density at radius 3 is 2.22 bits per heavy atom. The molecule has 0 atom stereocenters. The van der Waals surface area contributed by atoms with Gasteiger partial charge < -0.3 is 9.63 Å². The molecule has 0 unspecified atom stereocenters. The molecule has 1 saturated heterocycles. The van der Waals surface area contributed by atoms with Crippen molar-refractivity contribution in [2.75, 3.05) is 26.2 Å². The maximum Gasteiger partial charge on any atom is 0.490 e. The number of aliphatic carboxylic acids is 1. The third-order valence-electron chi connectivity index (χ3n) is 5.52. The lowest BCUT2D eigenvalue weighted by Crippen LogP contribution is -2.53. The number of benzene rings is 2. The van der Waals surface area contributed by atoms with Crippen LogP contribution in [-0.2, 0) is 22.6 Å². The van der Waals surface area contributed by atoms with Crippen LogP contribution in [0.1, 0.15) is 17.5 Å². The maximum atomic E-state index is 13.1. The summed E-state index contributed by atoms with van der Waals surface area (Å²) >= 11 is 0. The molecule has 2 N–H and O–H groups in total. The molecule has 37 heavy (non-hydrogen) atoms. The highest BCUT2D eigenvalue weighted by Crippen LogP contribution is 2.24. The minimum atomic E-state index is -5.08. The summed E-state index contributed by atoms with van der Waals surface area (Å²) in [6, 6.07) is 16.5. The number of alkyl halides is 3. The van der Waals surface area contributed by atoms with Crippen molar-refractivity contribution in [3.05, 3.63) is 77.7 Å². The van der Waals surface area contributed by atoms with Crippen LogP contribution in [0.4, 0.5) is 17.6 Å². The highest BCUT2D eigenvalue weighted by atomic mass is 19.4. The van der Waals surface area contributed by atoms with Crippen LogP contribution < -0.4 is 5.43 Å². The number of hydrazine groups is 1. The van der Waals surface area contributed by atoms with Gasteiger partial charge in [-0.1, -0.05) is 35.5 Å². The maximum absolute atomic E-state index is 13.1. The lowest BCUT2D eigenvalue weighted by Gasteiger charge is -2.34. The van der Waals surface area contributed by atoms with Gasteiger partial charge >= 0.3 is 12.1 Å². The summed E-state index contributed by atoms with van der Waals surface area (Å²) < 4.78 is 50.2. The number of carboxylic acids is 1. The monoisotopic (exact) mass is 522 g/mol. The van der Waals surface area contributed by atoms with Gasteiger partial charge in [0.1, 0.15) is 5.82 Å². The average Bonchev–Trinajstić information content (AvgIpc) is 3.34. The van der Waals surface area contributed by atoms with Crippen molar-refractivity contribution in [2.24, 2.45) is 0 Å². The zero-order chi connectivity index (χ0) is 26.8. The molecule has 0 bridgehead atoms. The molecule has 2 heterocycles. The number of carbonyl (C=O) groups excluding carboxylic acids is 1. The van der Waals surface area contributed by atoms with E-state index in [2.05, 4.69) is 39.7 Å². The molecule has 198 valence electrons. The Kier molecular flexibility index (Phi) is 9.75. The van der Waals surface area contributed by atoms with Crippen molar-refractivity contribution in [1.29, 1.82) is 0 Å². The van der Waals surface area contributed by atoms with Crippen LogP contribution in [0.25, 0.3) is 11.3 Å². The summed E-state index contributed by atoms with van der Waals surface area (Å²) in [7, 11) is 0. The minimum Gasteiger partial charge on any atom is -0.475 e. The first-order valence-corrected chi connectivity index (χ1v) is 11.4. The van der Waals surface area contributed by atoms with Crippen LogP contribution in [-0.4, -0.2) is 64.4 Å². The average molecular weight is 522 g/mol. The van der Waals surface area contributed by atoms with E-state index in [0.717, 1.165) is 43.9 Å². The van der Waals surface area contributed by atoms with E-state index >= 15 is 0 Å². The van der Waals surface area contributed by atoms with Crippen molar-refractivity contribution in [3.63, 3.8) is 0 Å². The standard InChI is InChI=1S/C23H25FN4O2.C2HF3O2/c24-21-9-6-19(7-10-21)23-20(16-25-30-23)8-11-22(29)26-28-14-12-27(13-15-28)17-18-4-2-1-3-5-18;3-2(4,5)1(6)7/h1-7,9-10,16H,8,11-15,17H2,(H,26,29);(H,6,7). The van der Waals surface area contributed by atoms with Gasteiger partial charge in [0.05, 0.1) is 6.20 Å². The van der Waals surface area contributed by atoms with Gasteiger partial charge in [-0.25, -0.2) is 14.2 Å². The second-order valence-electron chi connectivity index (χ2n) is 8.27. The van der Waals surface area contributed by atoms with Crippen LogP contribution in [0, 0.1) is 5.82 Å². The Labute approximate surface area is 210 Å². The summed E-state index contributed by atoms with van der Waals surface area (Å²) in [5, 5.41) is 13.0. The summed E-state index contributed by atoms with van der Waals surface area (Å²) in [5.74, 6) is -2.51. The van der Waals surface area contributed by atoms with E-state index in [1.54, 1.807) is 18.3 Å². The van der Waals surface area contributed by atoms with E-state index < -0.39 is 12.1 Å². The van der Waals surface area contributed by atoms with Crippen molar-refractivity contribution in [2.45, 2.75) is 25.6 Å². The number of rotatable bonds is 7. The highest BCUT2D eigenvalue weighted by Gasteiger charge is 2.38.